The van der Waals surface area contributed by atoms with Crippen molar-refractivity contribution in [3.8, 4) is 22.6 Å². The molecule has 0 unspecified atom stereocenters. The fourth-order valence-corrected chi connectivity index (χ4v) is 14.6. The Balaban J connectivity index is 1.30. The maximum atomic E-state index is 10.8. The van der Waals surface area contributed by atoms with Gasteiger partial charge < -0.3 is 21.7 Å². The van der Waals surface area contributed by atoms with Crippen LogP contribution in [0.15, 0.2) is 72.8 Å². The summed E-state index contributed by atoms with van der Waals surface area (Å²) >= 11 is 0. The molecule has 0 radical (unpaired) electrons. The lowest BCUT2D eigenvalue weighted by atomic mass is 9.43. The van der Waals surface area contributed by atoms with Crippen LogP contribution in [0.3, 0.4) is 0 Å². The van der Waals surface area contributed by atoms with Gasteiger partial charge in [0.15, 0.2) is 0 Å². The van der Waals surface area contributed by atoms with Crippen molar-refractivity contribution in [1.29, 1.82) is 0 Å². The van der Waals surface area contributed by atoms with Gasteiger partial charge in [-0.2, -0.15) is 0 Å². The van der Waals surface area contributed by atoms with Crippen LogP contribution in [0.5, 0.6) is 11.5 Å². The van der Waals surface area contributed by atoms with E-state index in [-0.39, 0.29) is 22.3 Å². The van der Waals surface area contributed by atoms with E-state index in [4.69, 9.17) is 11.5 Å². The molecule has 13 rings (SSSR count). The van der Waals surface area contributed by atoms with Crippen LogP contribution in [0.2, 0.25) is 0 Å². The van der Waals surface area contributed by atoms with Crippen molar-refractivity contribution in [2.24, 2.45) is 35.5 Å². The van der Waals surface area contributed by atoms with E-state index in [1.165, 1.54) is 99.3 Å². The molecule has 49 heavy (non-hydrogen) atoms. The standard InChI is InChI=1S/C45H48N2O2/c46-37-17-31(5-9-39(37)48)45(32-6-10-40(49)38(47)18-32)35-4-2-1-3-33(35)34-7-8-36(43-19-25-11-26(20-43)13-27(12-25)21-43)42(41(34)45)44-22-28-14-29(23-44)16-30(15-28)24-44/h1-10,17-18,25-30,48-49H,11-16,19-24,46-47H2. The number of aromatic hydroxyl groups is 2. The fourth-order valence-electron chi connectivity index (χ4n) is 14.6. The summed E-state index contributed by atoms with van der Waals surface area (Å²) in [6.45, 7) is 0. The average Bonchev–Trinajstić information content (AvgIpc) is 3.37. The second-order valence-electron chi connectivity index (χ2n) is 18.1. The predicted octanol–water partition coefficient (Wildman–Crippen LogP) is 9.56. The number of hydrogen-bond donors (Lipinski definition) is 4. The SMILES string of the molecule is Nc1cc(C2(c3ccc(O)c(N)c3)c3ccccc3-c3ccc(C45CC6CC(CC(C6)C4)C5)c(C45CC6CC(CC(C6)C4)C5)c32)ccc1O. The quantitative estimate of drug-likeness (QED) is 0.115. The molecule has 0 spiro atoms. The third-order valence-corrected chi connectivity index (χ3v) is 15.3. The van der Waals surface area contributed by atoms with Crippen LogP contribution in [0.4, 0.5) is 11.4 Å². The number of benzene rings is 4. The highest BCUT2D eigenvalue weighted by atomic mass is 16.3. The minimum Gasteiger partial charge on any atom is -0.506 e. The molecule has 0 atom stereocenters. The normalized spacial score (nSPS) is 35.4. The highest BCUT2D eigenvalue weighted by molar-refractivity contribution is 5.89. The molecule has 8 bridgehead atoms. The Bertz CT molecular complexity index is 1940. The highest BCUT2D eigenvalue weighted by Gasteiger charge is 2.60. The Hall–Kier alpha value is -3.92. The zero-order valence-electron chi connectivity index (χ0n) is 28.4. The first kappa shape index (κ1) is 28.9. The van der Waals surface area contributed by atoms with Crippen LogP contribution in [0.1, 0.15) is 110 Å². The highest BCUT2D eigenvalue weighted by Crippen LogP contribution is 2.69. The molecule has 9 aliphatic rings. The first-order chi connectivity index (χ1) is 23.7. The van der Waals surface area contributed by atoms with Gasteiger partial charge in [-0.15, -0.1) is 0 Å². The summed E-state index contributed by atoms with van der Waals surface area (Å²) in [5.74, 6) is 5.26. The first-order valence-corrected chi connectivity index (χ1v) is 19.2. The van der Waals surface area contributed by atoms with Gasteiger partial charge >= 0.3 is 0 Å². The maximum Gasteiger partial charge on any atom is 0.138 e. The van der Waals surface area contributed by atoms with Crippen molar-refractivity contribution < 1.29 is 10.2 Å². The molecular weight excluding hydrogens is 601 g/mol. The molecule has 8 saturated carbocycles. The molecule has 4 heteroatoms. The summed E-state index contributed by atoms with van der Waals surface area (Å²) in [5, 5.41) is 21.6. The summed E-state index contributed by atoms with van der Waals surface area (Å²) in [7, 11) is 0. The summed E-state index contributed by atoms with van der Waals surface area (Å²) in [5.41, 5.74) is 24.5. The van der Waals surface area contributed by atoms with E-state index in [0.717, 1.165) is 46.6 Å². The van der Waals surface area contributed by atoms with Gasteiger partial charge in [-0.25, -0.2) is 0 Å². The van der Waals surface area contributed by atoms with Crippen molar-refractivity contribution in [3.63, 3.8) is 0 Å². The van der Waals surface area contributed by atoms with E-state index in [1.807, 2.05) is 12.1 Å². The van der Waals surface area contributed by atoms with Gasteiger partial charge in [-0.3, -0.25) is 0 Å². The minimum atomic E-state index is -0.702. The number of nitrogen functional groups attached to an aromatic ring is 2. The maximum absolute atomic E-state index is 10.8. The van der Waals surface area contributed by atoms with Crippen molar-refractivity contribution >= 4 is 11.4 Å². The molecule has 9 aliphatic carbocycles. The second kappa shape index (κ2) is 9.65. The molecule has 4 aromatic carbocycles. The first-order valence-electron chi connectivity index (χ1n) is 19.2. The van der Waals surface area contributed by atoms with Gasteiger partial charge in [0.2, 0.25) is 0 Å². The molecular formula is C45H48N2O2. The van der Waals surface area contributed by atoms with Gasteiger partial charge in [-0.1, -0.05) is 48.5 Å². The lowest BCUT2D eigenvalue weighted by Crippen LogP contribution is -2.53. The number of fused-ring (bicyclic) bond motifs is 3. The number of phenols is 2. The lowest BCUT2D eigenvalue weighted by Gasteiger charge is -2.61. The Morgan fingerprint density at radius 1 is 0.469 bits per heavy atom. The number of hydrogen-bond acceptors (Lipinski definition) is 4. The molecule has 8 fully saturated rings. The number of anilines is 2. The van der Waals surface area contributed by atoms with E-state index in [9.17, 15) is 10.2 Å². The summed E-state index contributed by atoms with van der Waals surface area (Å²) in [6.07, 6.45) is 16.5. The predicted molar refractivity (Wildman–Crippen MR) is 196 cm³/mol. The summed E-state index contributed by atoms with van der Waals surface area (Å²) in [6, 6.07) is 25.9. The minimum absolute atomic E-state index is 0.110. The van der Waals surface area contributed by atoms with E-state index < -0.39 is 5.41 Å². The molecule has 0 amide bonds. The average molecular weight is 649 g/mol. The summed E-state index contributed by atoms with van der Waals surface area (Å²) in [4.78, 5) is 0. The fraction of sp³-hybridized carbons (Fsp3) is 0.467. The van der Waals surface area contributed by atoms with Crippen molar-refractivity contribution in [3.05, 3.63) is 106 Å². The van der Waals surface area contributed by atoms with Crippen LogP contribution in [-0.4, -0.2) is 10.2 Å². The molecule has 0 aliphatic heterocycles. The Kier molecular flexibility index (Phi) is 5.69. The molecule has 6 N–H and O–H groups in total. The molecule has 250 valence electrons. The largest absolute Gasteiger partial charge is 0.506 e. The molecule has 4 nitrogen and oxygen atoms in total. The summed E-state index contributed by atoms with van der Waals surface area (Å²) < 4.78 is 0. The molecule has 4 aromatic rings. The monoisotopic (exact) mass is 648 g/mol. The van der Waals surface area contributed by atoms with Gasteiger partial charge in [0.25, 0.3) is 0 Å². The van der Waals surface area contributed by atoms with Gasteiger partial charge in [0.05, 0.1) is 16.8 Å². The van der Waals surface area contributed by atoms with Gasteiger partial charge in [0.1, 0.15) is 11.5 Å². The van der Waals surface area contributed by atoms with Crippen LogP contribution in [0, 0.1) is 35.5 Å². The lowest BCUT2D eigenvalue weighted by molar-refractivity contribution is -0.0178. The second-order valence-corrected chi connectivity index (χ2v) is 18.1. The number of rotatable bonds is 4. The smallest absolute Gasteiger partial charge is 0.138 e. The number of phenolic OH excluding ortho intramolecular Hbond substituents is 2. The third-order valence-electron chi connectivity index (χ3n) is 15.3. The van der Waals surface area contributed by atoms with E-state index in [0.29, 0.717) is 11.4 Å². The van der Waals surface area contributed by atoms with Crippen molar-refractivity contribution in [2.75, 3.05) is 11.5 Å². The Morgan fingerprint density at radius 3 is 1.43 bits per heavy atom. The van der Waals surface area contributed by atoms with E-state index in [2.05, 4.69) is 48.5 Å². The zero-order chi connectivity index (χ0) is 32.9. The molecule has 0 saturated heterocycles. The van der Waals surface area contributed by atoms with Gasteiger partial charge in [0, 0.05) is 0 Å². The molecule has 0 heterocycles. The Morgan fingerprint density at radius 2 is 0.939 bits per heavy atom. The van der Waals surface area contributed by atoms with Crippen LogP contribution in [0.25, 0.3) is 11.1 Å². The van der Waals surface area contributed by atoms with Crippen molar-refractivity contribution in [2.45, 2.75) is 93.3 Å². The number of nitrogens with two attached hydrogens (primary N) is 2. The van der Waals surface area contributed by atoms with Gasteiger partial charge in [-0.05, 0) is 192 Å². The van der Waals surface area contributed by atoms with E-state index >= 15 is 0 Å². The van der Waals surface area contributed by atoms with Crippen LogP contribution in [-0.2, 0) is 16.2 Å². The molecule has 0 aromatic heterocycles. The van der Waals surface area contributed by atoms with E-state index in [1.54, 1.807) is 23.3 Å². The van der Waals surface area contributed by atoms with Crippen LogP contribution >= 0.6 is 0 Å². The topological polar surface area (TPSA) is 92.5 Å². The van der Waals surface area contributed by atoms with Crippen molar-refractivity contribution in [1.82, 2.24) is 0 Å². The Labute approximate surface area is 289 Å². The van der Waals surface area contributed by atoms with Crippen LogP contribution < -0.4 is 11.5 Å². The third kappa shape index (κ3) is 3.76. The zero-order valence-corrected chi connectivity index (χ0v) is 28.4.